The predicted octanol–water partition coefficient (Wildman–Crippen LogP) is 2.61. The molecular formula is C23H33FN2O3. The van der Waals surface area contributed by atoms with Crippen molar-refractivity contribution in [1.82, 2.24) is 9.80 Å². The molecule has 29 heavy (non-hydrogen) atoms. The first-order valence-corrected chi connectivity index (χ1v) is 11.1. The highest BCUT2D eigenvalue weighted by Crippen LogP contribution is 2.41. The van der Waals surface area contributed by atoms with Gasteiger partial charge in [-0.2, -0.15) is 0 Å². The molecule has 3 aliphatic rings. The second kappa shape index (κ2) is 9.11. The van der Waals surface area contributed by atoms with Gasteiger partial charge in [-0.1, -0.05) is 12.1 Å². The van der Waals surface area contributed by atoms with Crippen LogP contribution in [0.1, 0.15) is 44.1 Å². The van der Waals surface area contributed by atoms with Crippen molar-refractivity contribution in [3.63, 3.8) is 0 Å². The number of hydrogen-bond donors (Lipinski definition) is 1. The molecule has 0 radical (unpaired) electrons. The van der Waals surface area contributed by atoms with Gasteiger partial charge in [0, 0.05) is 51.9 Å². The average molecular weight is 405 g/mol. The first kappa shape index (κ1) is 20.8. The first-order chi connectivity index (χ1) is 14.0. The molecule has 5 nitrogen and oxygen atoms in total. The van der Waals surface area contributed by atoms with Crippen molar-refractivity contribution in [3.8, 4) is 0 Å². The summed E-state index contributed by atoms with van der Waals surface area (Å²) in [5, 5.41) is 10.6. The molecule has 1 N–H and O–H groups in total. The molecule has 3 saturated heterocycles. The van der Waals surface area contributed by atoms with Crippen LogP contribution in [-0.2, 0) is 16.0 Å². The lowest BCUT2D eigenvalue weighted by Gasteiger charge is -2.51. The van der Waals surface area contributed by atoms with Crippen molar-refractivity contribution in [2.75, 3.05) is 39.4 Å². The number of piperidine rings is 2. The van der Waals surface area contributed by atoms with Crippen LogP contribution in [0.15, 0.2) is 24.3 Å². The number of benzene rings is 1. The molecule has 4 rings (SSSR count). The Morgan fingerprint density at radius 1 is 1.17 bits per heavy atom. The maximum Gasteiger partial charge on any atom is 0.222 e. The number of aliphatic hydroxyl groups excluding tert-OH is 1. The van der Waals surface area contributed by atoms with Crippen LogP contribution in [0.5, 0.6) is 0 Å². The van der Waals surface area contributed by atoms with Crippen molar-refractivity contribution < 1.29 is 19.0 Å². The van der Waals surface area contributed by atoms with E-state index in [9.17, 15) is 14.3 Å². The number of halogens is 1. The van der Waals surface area contributed by atoms with Crippen LogP contribution in [0.4, 0.5) is 4.39 Å². The van der Waals surface area contributed by atoms with E-state index in [2.05, 4.69) is 4.90 Å². The van der Waals surface area contributed by atoms with Gasteiger partial charge in [-0.25, -0.2) is 4.39 Å². The van der Waals surface area contributed by atoms with Gasteiger partial charge in [0.15, 0.2) is 0 Å². The van der Waals surface area contributed by atoms with Crippen molar-refractivity contribution in [2.45, 2.75) is 57.1 Å². The normalized spacial score (nSPS) is 26.0. The summed E-state index contributed by atoms with van der Waals surface area (Å²) < 4.78 is 18.5. The topological polar surface area (TPSA) is 53.0 Å². The lowest BCUT2D eigenvalue weighted by atomic mass is 9.71. The molecule has 1 unspecified atom stereocenters. The Labute approximate surface area is 172 Å². The number of nitrogens with zero attached hydrogens (tertiary/aromatic N) is 2. The lowest BCUT2D eigenvalue weighted by molar-refractivity contribution is -0.135. The molecule has 0 saturated carbocycles. The maximum atomic E-state index is 13.0. The van der Waals surface area contributed by atoms with Gasteiger partial charge in [-0.15, -0.1) is 0 Å². The minimum atomic E-state index is -0.271. The monoisotopic (exact) mass is 404 g/mol. The third kappa shape index (κ3) is 5.16. The fourth-order valence-corrected chi connectivity index (χ4v) is 5.38. The number of hydrogen-bond acceptors (Lipinski definition) is 4. The molecule has 3 aliphatic heterocycles. The number of carbonyl (C=O) groups is 1. The smallest absolute Gasteiger partial charge is 0.222 e. The zero-order chi connectivity index (χ0) is 20.3. The van der Waals surface area contributed by atoms with E-state index in [1.165, 1.54) is 12.1 Å². The first-order valence-electron chi connectivity index (χ1n) is 11.1. The van der Waals surface area contributed by atoms with Crippen LogP contribution < -0.4 is 0 Å². The molecule has 1 aromatic rings. The van der Waals surface area contributed by atoms with Gasteiger partial charge in [0.1, 0.15) is 5.82 Å². The summed E-state index contributed by atoms with van der Waals surface area (Å²) in [6.45, 7) is 4.99. The zero-order valence-corrected chi connectivity index (χ0v) is 17.2. The fraction of sp³-hybridized carbons (Fsp3) is 0.696. The second-order valence-corrected chi connectivity index (χ2v) is 9.14. The minimum absolute atomic E-state index is 0.129. The predicted molar refractivity (Wildman–Crippen MR) is 109 cm³/mol. The zero-order valence-electron chi connectivity index (χ0n) is 17.2. The van der Waals surface area contributed by atoms with E-state index in [0.29, 0.717) is 18.9 Å². The summed E-state index contributed by atoms with van der Waals surface area (Å²) in [4.78, 5) is 17.1. The molecule has 1 amide bonds. The average Bonchev–Trinajstić information content (AvgIpc) is 2.74. The van der Waals surface area contributed by atoms with Crippen molar-refractivity contribution in [3.05, 3.63) is 35.6 Å². The number of ether oxygens (including phenoxy) is 1. The summed E-state index contributed by atoms with van der Waals surface area (Å²) in [6, 6.07) is 6.92. The minimum Gasteiger partial charge on any atom is -0.392 e. The van der Waals surface area contributed by atoms with Gasteiger partial charge in [0.05, 0.1) is 6.10 Å². The number of rotatable bonds is 4. The molecule has 1 aromatic carbocycles. The number of likely N-dealkylation sites (tertiary alicyclic amines) is 2. The van der Waals surface area contributed by atoms with E-state index in [-0.39, 0.29) is 23.2 Å². The summed E-state index contributed by atoms with van der Waals surface area (Å²) >= 11 is 0. The fourth-order valence-electron chi connectivity index (χ4n) is 5.38. The molecule has 6 heteroatoms. The molecule has 0 bridgehead atoms. The van der Waals surface area contributed by atoms with E-state index in [1.54, 1.807) is 12.1 Å². The second-order valence-electron chi connectivity index (χ2n) is 9.14. The number of aryl methyl sites for hydroxylation is 1. The Morgan fingerprint density at radius 3 is 2.55 bits per heavy atom. The summed E-state index contributed by atoms with van der Waals surface area (Å²) in [7, 11) is 0. The summed E-state index contributed by atoms with van der Waals surface area (Å²) in [5.41, 5.74) is 1.12. The molecule has 0 aliphatic carbocycles. The third-order valence-electron chi connectivity index (χ3n) is 7.08. The summed E-state index contributed by atoms with van der Waals surface area (Å²) in [5.74, 6) is -0.0623. The molecule has 160 valence electrons. The Kier molecular flexibility index (Phi) is 6.52. The van der Waals surface area contributed by atoms with Gasteiger partial charge < -0.3 is 14.7 Å². The Hall–Kier alpha value is -1.50. The SMILES string of the molecule is O=C(CCc1ccc(F)cc1)N1CCC2(CC1)CC(O)CN(C1CCOCC1)C2. The van der Waals surface area contributed by atoms with Crippen LogP contribution in [0.25, 0.3) is 0 Å². The van der Waals surface area contributed by atoms with E-state index < -0.39 is 0 Å². The van der Waals surface area contributed by atoms with Gasteiger partial charge in [-0.3, -0.25) is 9.69 Å². The van der Waals surface area contributed by atoms with Gasteiger partial charge in [-0.05, 0) is 61.6 Å². The Balaban J connectivity index is 1.29. The van der Waals surface area contributed by atoms with Crippen LogP contribution in [-0.4, -0.2) is 72.4 Å². The number of β-amino-alcohol motifs (C(OH)–C–C–N with tert-alkyl or cyclic N) is 1. The van der Waals surface area contributed by atoms with Crippen molar-refractivity contribution >= 4 is 5.91 Å². The number of amides is 1. The lowest BCUT2D eigenvalue weighted by Crippen LogP contribution is -2.57. The quantitative estimate of drug-likeness (QED) is 0.838. The third-order valence-corrected chi connectivity index (χ3v) is 7.08. The van der Waals surface area contributed by atoms with Crippen LogP contribution in [0.3, 0.4) is 0 Å². The van der Waals surface area contributed by atoms with Gasteiger partial charge in [0.25, 0.3) is 0 Å². The Bertz CT molecular complexity index is 682. The van der Waals surface area contributed by atoms with Crippen molar-refractivity contribution in [1.29, 1.82) is 0 Å². The van der Waals surface area contributed by atoms with Crippen LogP contribution >= 0.6 is 0 Å². The van der Waals surface area contributed by atoms with E-state index in [0.717, 1.165) is 77.1 Å². The number of carbonyl (C=O) groups excluding carboxylic acids is 1. The van der Waals surface area contributed by atoms with E-state index in [1.807, 2.05) is 4.90 Å². The standard InChI is InChI=1S/C23H33FN2O3/c24-19-4-1-18(2-5-19)3-6-22(28)25-11-9-23(10-12-25)15-21(27)16-26(17-23)20-7-13-29-14-8-20/h1-2,4-5,20-21,27H,3,6-17H2. The maximum absolute atomic E-state index is 13.0. The van der Waals surface area contributed by atoms with E-state index >= 15 is 0 Å². The Morgan fingerprint density at radius 2 is 1.86 bits per heavy atom. The highest BCUT2D eigenvalue weighted by atomic mass is 19.1. The molecule has 0 aromatic heterocycles. The molecule has 1 spiro atoms. The molecular weight excluding hydrogens is 371 g/mol. The highest BCUT2D eigenvalue weighted by molar-refractivity contribution is 5.76. The highest BCUT2D eigenvalue weighted by Gasteiger charge is 2.43. The summed E-state index contributed by atoms with van der Waals surface area (Å²) in [6.07, 6.45) is 5.73. The molecule has 3 heterocycles. The van der Waals surface area contributed by atoms with Crippen molar-refractivity contribution in [2.24, 2.45) is 5.41 Å². The van der Waals surface area contributed by atoms with Gasteiger partial charge in [0.2, 0.25) is 5.91 Å². The molecule has 1 atom stereocenters. The van der Waals surface area contributed by atoms with Crippen LogP contribution in [0.2, 0.25) is 0 Å². The largest absolute Gasteiger partial charge is 0.392 e. The molecule has 3 fully saturated rings. The van der Waals surface area contributed by atoms with E-state index in [4.69, 9.17) is 4.74 Å². The van der Waals surface area contributed by atoms with Crippen LogP contribution in [0, 0.1) is 11.2 Å². The van der Waals surface area contributed by atoms with Gasteiger partial charge >= 0.3 is 0 Å². The number of aliphatic hydroxyl groups is 1.